The summed E-state index contributed by atoms with van der Waals surface area (Å²) in [6, 6.07) is 0. The van der Waals surface area contributed by atoms with Gasteiger partial charge in [0.2, 0.25) is 0 Å². The van der Waals surface area contributed by atoms with Crippen molar-refractivity contribution in [3.05, 3.63) is 26.3 Å². The largest absolute Gasteiger partial charge is 0.481 e. The lowest BCUT2D eigenvalue weighted by Crippen LogP contribution is -2.24. The molecule has 0 aromatic carbocycles. The van der Waals surface area contributed by atoms with Crippen molar-refractivity contribution >= 4 is 33.4 Å². The van der Waals surface area contributed by atoms with Crippen molar-refractivity contribution in [3.8, 4) is 0 Å². The number of hydrogen-bond acceptors (Lipinski definition) is 5. The Hall–Kier alpha value is -1.70. The van der Waals surface area contributed by atoms with E-state index in [0.29, 0.717) is 28.8 Å². The minimum absolute atomic E-state index is 0.0447. The van der Waals surface area contributed by atoms with Crippen molar-refractivity contribution in [2.24, 2.45) is 11.8 Å². The van der Waals surface area contributed by atoms with Gasteiger partial charge in [0, 0.05) is 12.1 Å². The van der Waals surface area contributed by atoms with Crippen molar-refractivity contribution < 1.29 is 14.8 Å². The van der Waals surface area contributed by atoms with Crippen LogP contribution in [0.2, 0.25) is 0 Å². The van der Waals surface area contributed by atoms with Crippen molar-refractivity contribution in [2.75, 3.05) is 11.9 Å². The number of carboxylic acid groups (broad SMARTS) is 1. The van der Waals surface area contributed by atoms with Crippen molar-refractivity contribution in [1.82, 2.24) is 4.98 Å². The summed E-state index contributed by atoms with van der Waals surface area (Å²) in [6.45, 7) is 2.14. The third-order valence-electron chi connectivity index (χ3n) is 3.94. The quantitative estimate of drug-likeness (QED) is 0.619. The van der Waals surface area contributed by atoms with Gasteiger partial charge in [-0.2, -0.15) is 0 Å². The fraction of sp³-hybridized carbons (Fsp3) is 0.538. The summed E-state index contributed by atoms with van der Waals surface area (Å²) < 4.78 is 0.543. The molecule has 0 bridgehead atoms. The Labute approximate surface area is 130 Å². The molecule has 0 spiro atoms. The SMILES string of the molecule is Cc1c([N+](=O)[O-])cnc(NCC2CCCC2C(=O)O)c1Br. The summed E-state index contributed by atoms with van der Waals surface area (Å²) in [6.07, 6.45) is 3.70. The highest BCUT2D eigenvalue weighted by molar-refractivity contribution is 9.10. The van der Waals surface area contributed by atoms with Gasteiger partial charge >= 0.3 is 5.97 Å². The van der Waals surface area contributed by atoms with E-state index in [1.165, 1.54) is 6.20 Å². The van der Waals surface area contributed by atoms with Crippen LogP contribution in [0.15, 0.2) is 10.7 Å². The van der Waals surface area contributed by atoms with E-state index in [0.717, 1.165) is 12.8 Å². The van der Waals surface area contributed by atoms with Crippen LogP contribution in [-0.4, -0.2) is 27.5 Å². The van der Waals surface area contributed by atoms with Gasteiger partial charge in [0.05, 0.1) is 15.3 Å². The molecule has 0 amide bonds. The topological polar surface area (TPSA) is 105 Å². The molecular formula is C13H16BrN3O4. The lowest BCUT2D eigenvalue weighted by Gasteiger charge is -2.17. The number of hydrogen-bond donors (Lipinski definition) is 2. The van der Waals surface area contributed by atoms with Gasteiger partial charge in [-0.3, -0.25) is 14.9 Å². The number of rotatable bonds is 5. The highest BCUT2D eigenvalue weighted by atomic mass is 79.9. The second-order valence-electron chi connectivity index (χ2n) is 5.20. The van der Waals surface area contributed by atoms with Crippen molar-refractivity contribution in [2.45, 2.75) is 26.2 Å². The van der Waals surface area contributed by atoms with Gasteiger partial charge in [-0.1, -0.05) is 6.42 Å². The standard InChI is InChI=1S/C13H16BrN3O4/c1-7-10(17(20)21)6-16-12(11(7)14)15-5-8-3-2-4-9(8)13(18)19/h6,8-9H,2-5H2,1H3,(H,15,16)(H,18,19). The Morgan fingerprint density at radius 3 is 2.95 bits per heavy atom. The first kappa shape index (κ1) is 15.7. The lowest BCUT2D eigenvalue weighted by molar-refractivity contribution is -0.385. The van der Waals surface area contributed by atoms with E-state index in [9.17, 15) is 14.9 Å². The first-order chi connectivity index (χ1) is 9.91. The highest BCUT2D eigenvalue weighted by Crippen LogP contribution is 2.34. The van der Waals surface area contributed by atoms with Crippen LogP contribution < -0.4 is 5.32 Å². The third kappa shape index (κ3) is 3.31. The Morgan fingerprint density at radius 1 is 1.62 bits per heavy atom. The van der Waals surface area contributed by atoms with E-state index in [-0.39, 0.29) is 17.5 Å². The molecule has 1 heterocycles. The van der Waals surface area contributed by atoms with Gasteiger partial charge in [0.15, 0.2) is 0 Å². The summed E-state index contributed by atoms with van der Waals surface area (Å²) >= 11 is 3.31. The van der Waals surface area contributed by atoms with E-state index in [1.54, 1.807) is 6.92 Å². The molecule has 7 nitrogen and oxygen atoms in total. The normalized spacial score (nSPS) is 21.2. The van der Waals surface area contributed by atoms with Gasteiger partial charge in [0.1, 0.15) is 12.0 Å². The van der Waals surface area contributed by atoms with E-state index in [2.05, 4.69) is 26.2 Å². The van der Waals surface area contributed by atoms with E-state index < -0.39 is 10.9 Å². The number of pyridine rings is 1. The van der Waals surface area contributed by atoms with Crippen LogP contribution in [0.4, 0.5) is 11.5 Å². The number of carbonyl (C=O) groups is 1. The van der Waals surface area contributed by atoms with Gasteiger partial charge in [-0.15, -0.1) is 0 Å². The summed E-state index contributed by atoms with van der Waals surface area (Å²) in [5, 5.41) is 23.1. The second kappa shape index (κ2) is 6.38. The molecule has 21 heavy (non-hydrogen) atoms. The van der Waals surface area contributed by atoms with Crippen LogP contribution in [0.3, 0.4) is 0 Å². The molecule has 2 N–H and O–H groups in total. The molecule has 8 heteroatoms. The Bertz CT molecular complexity index is 579. The van der Waals surface area contributed by atoms with E-state index >= 15 is 0 Å². The molecule has 0 radical (unpaired) electrons. The molecule has 1 aliphatic rings. The minimum Gasteiger partial charge on any atom is -0.481 e. The van der Waals surface area contributed by atoms with Gasteiger partial charge in [-0.05, 0) is 41.6 Å². The van der Waals surface area contributed by atoms with Gasteiger partial charge in [0.25, 0.3) is 5.69 Å². The van der Waals surface area contributed by atoms with Gasteiger partial charge < -0.3 is 10.4 Å². The number of carboxylic acids is 1. The third-order valence-corrected chi connectivity index (χ3v) is 4.91. The molecule has 1 fully saturated rings. The van der Waals surface area contributed by atoms with Crippen LogP contribution in [0.5, 0.6) is 0 Å². The average molecular weight is 358 g/mol. The molecule has 1 aromatic rings. The average Bonchev–Trinajstić information content (AvgIpc) is 2.88. The zero-order chi connectivity index (χ0) is 15.6. The van der Waals surface area contributed by atoms with Crippen LogP contribution in [0, 0.1) is 28.9 Å². The Balaban J connectivity index is 2.09. The predicted molar refractivity (Wildman–Crippen MR) is 80.3 cm³/mol. The van der Waals surface area contributed by atoms with Crippen LogP contribution in [0.1, 0.15) is 24.8 Å². The second-order valence-corrected chi connectivity index (χ2v) is 6.00. The highest BCUT2D eigenvalue weighted by Gasteiger charge is 2.32. The first-order valence-electron chi connectivity index (χ1n) is 6.68. The number of anilines is 1. The van der Waals surface area contributed by atoms with Crippen molar-refractivity contribution in [3.63, 3.8) is 0 Å². The number of nitro groups is 1. The van der Waals surface area contributed by atoms with Crippen LogP contribution in [0.25, 0.3) is 0 Å². The molecular weight excluding hydrogens is 342 g/mol. The predicted octanol–water partition coefficient (Wildman–Crippen LogP) is 2.97. The maximum Gasteiger partial charge on any atom is 0.306 e. The fourth-order valence-corrected chi connectivity index (χ4v) is 3.16. The molecule has 1 aromatic heterocycles. The first-order valence-corrected chi connectivity index (χ1v) is 7.47. The maximum absolute atomic E-state index is 11.1. The Morgan fingerprint density at radius 2 is 2.33 bits per heavy atom. The lowest BCUT2D eigenvalue weighted by atomic mass is 9.96. The number of aromatic nitrogens is 1. The number of nitrogens with one attached hydrogen (secondary N) is 1. The smallest absolute Gasteiger partial charge is 0.306 e. The zero-order valence-corrected chi connectivity index (χ0v) is 13.1. The van der Waals surface area contributed by atoms with E-state index in [1.807, 2.05) is 0 Å². The molecule has 114 valence electrons. The maximum atomic E-state index is 11.1. The molecule has 0 saturated heterocycles. The fourth-order valence-electron chi connectivity index (χ4n) is 2.71. The molecule has 2 rings (SSSR count). The monoisotopic (exact) mass is 357 g/mol. The summed E-state index contributed by atoms with van der Waals surface area (Å²) in [7, 11) is 0. The molecule has 1 saturated carbocycles. The van der Waals surface area contributed by atoms with Crippen molar-refractivity contribution in [1.29, 1.82) is 0 Å². The summed E-state index contributed by atoms with van der Waals surface area (Å²) in [5.74, 6) is -0.512. The molecule has 0 aliphatic heterocycles. The van der Waals surface area contributed by atoms with Gasteiger partial charge in [-0.25, -0.2) is 4.98 Å². The molecule has 1 aliphatic carbocycles. The molecule has 2 unspecified atom stereocenters. The summed E-state index contributed by atoms with van der Waals surface area (Å²) in [4.78, 5) is 25.5. The number of nitrogens with zero attached hydrogens (tertiary/aromatic N) is 2. The zero-order valence-electron chi connectivity index (χ0n) is 11.5. The summed E-state index contributed by atoms with van der Waals surface area (Å²) in [5.41, 5.74) is 0.454. The number of halogens is 1. The Kier molecular flexibility index (Phi) is 4.76. The molecule has 2 atom stereocenters. The van der Waals surface area contributed by atoms with Crippen LogP contribution >= 0.6 is 15.9 Å². The van der Waals surface area contributed by atoms with E-state index in [4.69, 9.17) is 5.11 Å². The number of aliphatic carboxylic acids is 1. The van der Waals surface area contributed by atoms with Crippen LogP contribution in [-0.2, 0) is 4.79 Å². The minimum atomic E-state index is -0.758.